The number of carboxylic acids is 1. The molecule has 5 heteroatoms. The monoisotopic (exact) mass is 296 g/mol. The highest BCUT2D eigenvalue weighted by Crippen LogP contribution is 2.44. The molecule has 120 valence electrons. The summed E-state index contributed by atoms with van der Waals surface area (Å²) in [5.41, 5.74) is -0.715. The number of carbonyl (C=O) groups is 2. The van der Waals surface area contributed by atoms with Crippen LogP contribution >= 0.6 is 0 Å². The predicted octanol–water partition coefficient (Wildman–Crippen LogP) is 3.00. The molecule has 1 atom stereocenters. The average Bonchev–Trinajstić information content (AvgIpc) is 2.48. The van der Waals surface area contributed by atoms with Crippen LogP contribution in [0, 0.1) is 5.41 Å². The smallest absolute Gasteiger partial charge is 0.329 e. The molecule has 0 bridgehead atoms. The molecule has 2 rings (SSSR count). The molecule has 1 saturated heterocycles. The first-order valence-electron chi connectivity index (χ1n) is 8.21. The third kappa shape index (κ3) is 3.50. The van der Waals surface area contributed by atoms with Gasteiger partial charge in [0.05, 0.1) is 0 Å². The van der Waals surface area contributed by atoms with Crippen molar-refractivity contribution in [3.8, 4) is 0 Å². The van der Waals surface area contributed by atoms with Crippen molar-refractivity contribution in [2.24, 2.45) is 5.41 Å². The van der Waals surface area contributed by atoms with Crippen LogP contribution in [0.2, 0.25) is 0 Å². The molecule has 2 amide bonds. The van der Waals surface area contributed by atoms with Gasteiger partial charge in [0.2, 0.25) is 0 Å². The zero-order valence-corrected chi connectivity index (χ0v) is 13.3. The molecule has 1 unspecified atom stereocenters. The van der Waals surface area contributed by atoms with Crippen molar-refractivity contribution in [3.63, 3.8) is 0 Å². The van der Waals surface area contributed by atoms with E-state index < -0.39 is 11.5 Å². The van der Waals surface area contributed by atoms with Gasteiger partial charge in [0.1, 0.15) is 5.54 Å². The summed E-state index contributed by atoms with van der Waals surface area (Å²) in [4.78, 5) is 25.4. The SMILES string of the molecule is CCC(C)(NC(=O)N1CCC2(CCCCC2)CC1)C(=O)O. The fourth-order valence-electron chi connectivity index (χ4n) is 3.59. The minimum Gasteiger partial charge on any atom is -0.480 e. The lowest BCUT2D eigenvalue weighted by Gasteiger charge is -2.44. The number of amides is 2. The van der Waals surface area contributed by atoms with Gasteiger partial charge in [-0.25, -0.2) is 9.59 Å². The molecule has 1 spiro atoms. The normalized spacial score (nSPS) is 24.4. The van der Waals surface area contributed by atoms with Crippen molar-refractivity contribution in [2.45, 2.75) is 70.8 Å². The molecule has 2 N–H and O–H groups in total. The van der Waals surface area contributed by atoms with E-state index in [9.17, 15) is 14.7 Å². The van der Waals surface area contributed by atoms with Gasteiger partial charge in [0.15, 0.2) is 0 Å². The fourth-order valence-corrected chi connectivity index (χ4v) is 3.59. The lowest BCUT2D eigenvalue weighted by atomic mass is 9.68. The molecular weight excluding hydrogens is 268 g/mol. The van der Waals surface area contributed by atoms with Gasteiger partial charge < -0.3 is 15.3 Å². The summed E-state index contributed by atoms with van der Waals surface area (Å²) in [5.74, 6) is -0.973. The number of carbonyl (C=O) groups excluding carboxylic acids is 1. The molecule has 0 aromatic carbocycles. The van der Waals surface area contributed by atoms with E-state index in [1.54, 1.807) is 18.7 Å². The fraction of sp³-hybridized carbons (Fsp3) is 0.875. The summed E-state index contributed by atoms with van der Waals surface area (Å²) in [6, 6.07) is -0.229. The molecule has 2 aliphatic rings. The van der Waals surface area contributed by atoms with Gasteiger partial charge in [-0.2, -0.15) is 0 Å². The van der Waals surface area contributed by atoms with Crippen molar-refractivity contribution < 1.29 is 14.7 Å². The Morgan fingerprint density at radius 2 is 1.71 bits per heavy atom. The van der Waals surface area contributed by atoms with Crippen molar-refractivity contribution in [2.75, 3.05) is 13.1 Å². The highest BCUT2D eigenvalue weighted by Gasteiger charge is 2.39. The Morgan fingerprint density at radius 1 is 1.14 bits per heavy atom. The van der Waals surface area contributed by atoms with Gasteiger partial charge in [0.25, 0.3) is 0 Å². The molecule has 5 nitrogen and oxygen atoms in total. The van der Waals surface area contributed by atoms with E-state index in [-0.39, 0.29) is 6.03 Å². The summed E-state index contributed by atoms with van der Waals surface area (Å²) in [6.45, 7) is 4.86. The van der Waals surface area contributed by atoms with E-state index in [2.05, 4.69) is 5.32 Å². The Kier molecular flexibility index (Phi) is 4.79. The van der Waals surface area contributed by atoms with Crippen molar-refractivity contribution in [1.29, 1.82) is 0 Å². The van der Waals surface area contributed by atoms with Gasteiger partial charge >= 0.3 is 12.0 Å². The van der Waals surface area contributed by atoms with Gasteiger partial charge in [-0.3, -0.25) is 0 Å². The van der Waals surface area contributed by atoms with Crippen molar-refractivity contribution in [1.82, 2.24) is 10.2 Å². The van der Waals surface area contributed by atoms with Crippen LogP contribution in [0.5, 0.6) is 0 Å². The number of carboxylic acid groups (broad SMARTS) is 1. The van der Waals surface area contributed by atoms with E-state index in [0.29, 0.717) is 11.8 Å². The summed E-state index contributed by atoms with van der Waals surface area (Å²) in [7, 11) is 0. The maximum absolute atomic E-state index is 12.3. The first kappa shape index (κ1) is 16.1. The number of hydrogen-bond acceptors (Lipinski definition) is 2. The summed E-state index contributed by atoms with van der Waals surface area (Å²) in [5, 5.41) is 11.9. The summed E-state index contributed by atoms with van der Waals surface area (Å²) >= 11 is 0. The van der Waals surface area contributed by atoms with E-state index in [0.717, 1.165) is 25.9 Å². The van der Waals surface area contributed by atoms with E-state index in [1.165, 1.54) is 32.1 Å². The maximum atomic E-state index is 12.3. The first-order valence-corrected chi connectivity index (χ1v) is 8.21. The highest BCUT2D eigenvalue weighted by atomic mass is 16.4. The van der Waals surface area contributed by atoms with Gasteiger partial charge in [-0.1, -0.05) is 26.2 Å². The standard InChI is InChI=1S/C16H28N2O3/c1-3-15(2,13(19)20)17-14(21)18-11-9-16(10-12-18)7-5-4-6-8-16/h3-12H2,1-2H3,(H,17,21)(H,19,20). The molecule has 0 aromatic rings. The minimum absolute atomic E-state index is 0.229. The van der Waals surface area contributed by atoms with E-state index in [4.69, 9.17) is 0 Å². The number of hydrogen-bond donors (Lipinski definition) is 2. The highest BCUT2D eigenvalue weighted by molar-refractivity contribution is 5.85. The number of aliphatic carboxylic acids is 1. The van der Waals surface area contributed by atoms with Crippen LogP contribution in [0.4, 0.5) is 4.79 Å². The molecule has 1 heterocycles. The van der Waals surface area contributed by atoms with Gasteiger partial charge in [-0.15, -0.1) is 0 Å². The maximum Gasteiger partial charge on any atom is 0.329 e. The van der Waals surface area contributed by atoms with Crippen molar-refractivity contribution >= 4 is 12.0 Å². The average molecular weight is 296 g/mol. The molecule has 1 aliphatic heterocycles. The topological polar surface area (TPSA) is 69.6 Å². The first-order chi connectivity index (χ1) is 9.91. The zero-order chi connectivity index (χ0) is 15.5. The van der Waals surface area contributed by atoms with Gasteiger partial charge in [0, 0.05) is 13.1 Å². The van der Waals surface area contributed by atoms with Crippen LogP contribution in [0.3, 0.4) is 0 Å². The Bertz CT molecular complexity index is 394. The Balaban J connectivity index is 1.89. The second kappa shape index (κ2) is 6.24. The van der Waals surface area contributed by atoms with Crippen LogP contribution in [0.1, 0.15) is 65.2 Å². The van der Waals surface area contributed by atoms with Crippen LogP contribution < -0.4 is 5.32 Å². The molecular formula is C16H28N2O3. The molecule has 2 fully saturated rings. The molecule has 0 radical (unpaired) electrons. The Morgan fingerprint density at radius 3 is 2.19 bits per heavy atom. The van der Waals surface area contributed by atoms with Crippen LogP contribution in [-0.4, -0.2) is 40.6 Å². The number of rotatable bonds is 3. The number of urea groups is 1. The second-order valence-corrected chi connectivity index (χ2v) is 6.97. The molecule has 21 heavy (non-hydrogen) atoms. The van der Waals surface area contributed by atoms with Gasteiger partial charge in [-0.05, 0) is 44.4 Å². The largest absolute Gasteiger partial charge is 0.480 e. The number of nitrogens with zero attached hydrogens (tertiary/aromatic N) is 1. The lowest BCUT2D eigenvalue weighted by Crippen LogP contribution is -2.57. The second-order valence-electron chi connectivity index (χ2n) is 6.97. The third-order valence-corrected chi connectivity index (χ3v) is 5.59. The zero-order valence-electron chi connectivity index (χ0n) is 13.3. The van der Waals surface area contributed by atoms with Crippen molar-refractivity contribution in [3.05, 3.63) is 0 Å². The Labute approximate surface area is 127 Å². The summed E-state index contributed by atoms with van der Waals surface area (Å²) < 4.78 is 0. The molecule has 1 aliphatic carbocycles. The van der Waals surface area contributed by atoms with E-state index in [1.807, 2.05) is 0 Å². The van der Waals surface area contributed by atoms with E-state index >= 15 is 0 Å². The number of piperidine rings is 1. The minimum atomic E-state index is -1.17. The lowest BCUT2D eigenvalue weighted by molar-refractivity contribution is -0.143. The number of likely N-dealkylation sites (tertiary alicyclic amines) is 1. The summed E-state index contributed by atoms with van der Waals surface area (Å²) in [6.07, 6.45) is 9.09. The Hall–Kier alpha value is -1.26. The van der Waals surface area contributed by atoms with Crippen LogP contribution in [-0.2, 0) is 4.79 Å². The molecule has 0 aromatic heterocycles. The van der Waals surface area contributed by atoms with Crippen LogP contribution in [0.25, 0.3) is 0 Å². The number of nitrogens with one attached hydrogen (secondary N) is 1. The predicted molar refractivity (Wildman–Crippen MR) is 81.2 cm³/mol. The van der Waals surface area contributed by atoms with Crippen LogP contribution in [0.15, 0.2) is 0 Å². The quantitative estimate of drug-likeness (QED) is 0.841. The molecule has 1 saturated carbocycles. The third-order valence-electron chi connectivity index (χ3n) is 5.59.